The lowest BCUT2D eigenvalue weighted by Gasteiger charge is -2.18. The van der Waals surface area contributed by atoms with Crippen molar-refractivity contribution >= 4 is 0 Å². The van der Waals surface area contributed by atoms with E-state index < -0.39 is 0 Å². The van der Waals surface area contributed by atoms with Gasteiger partial charge in [-0.2, -0.15) is 0 Å². The smallest absolute Gasteiger partial charge is 0.161 e. The Morgan fingerprint density at radius 2 is 1.50 bits per heavy atom. The summed E-state index contributed by atoms with van der Waals surface area (Å²) in [6.07, 6.45) is 1.29. The van der Waals surface area contributed by atoms with Crippen LogP contribution >= 0.6 is 0 Å². The van der Waals surface area contributed by atoms with Crippen molar-refractivity contribution in [2.45, 2.75) is 66.2 Å². The molecule has 0 unspecified atom stereocenters. The van der Waals surface area contributed by atoms with Gasteiger partial charge < -0.3 is 14.8 Å². The second kappa shape index (κ2) is 8.15. The van der Waals surface area contributed by atoms with Crippen LogP contribution in [0.15, 0.2) is 18.2 Å². The molecule has 0 saturated heterocycles. The number of rotatable bonds is 8. The number of hydrogen-bond acceptors (Lipinski definition) is 3. The van der Waals surface area contributed by atoms with Gasteiger partial charge in [0.05, 0.1) is 12.2 Å². The maximum absolute atomic E-state index is 5.87. The lowest BCUT2D eigenvalue weighted by molar-refractivity contribution is 0.198. The Labute approximate surface area is 123 Å². The van der Waals surface area contributed by atoms with Gasteiger partial charge in [-0.1, -0.05) is 19.9 Å². The van der Waals surface area contributed by atoms with Crippen molar-refractivity contribution in [3.8, 4) is 11.5 Å². The van der Waals surface area contributed by atoms with Crippen molar-refractivity contribution in [3.63, 3.8) is 0 Å². The van der Waals surface area contributed by atoms with Gasteiger partial charge in [-0.25, -0.2) is 0 Å². The minimum absolute atomic E-state index is 0.147. The van der Waals surface area contributed by atoms with Crippen LogP contribution in [-0.2, 0) is 6.42 Å². The van der Waals surface area contributed by atoms with E-state index in [9.17, 15) is 0 Å². The molecule has 114 valence electrons. The zero-order valence-corrected chi connectivity index (χ0v) is 13.7. The SMILES string of the molecule is CC(C)NCCc1ccc(OC(C)C)c(OC(C)C)c1. The Kier molecular flexibility index (Phi) is 6.86. The van der Waals surface area contributed by atoms with Gasteiger partial charge in [0.1, 0.15) is 0 Å². The van der Waals surface area contributed by atoms with Gasteiger partial charge in [0, 0.05) is 6.04 Å². The molecule has 1 aromatic rings. The lowest BCUT2D eigenvalue weighted by Crippen LogP contribution is -2.24. The summed E-state index contributed by atoms with van der Waals surface area (Å²) in [5.41, 5.74) is 1.27. The maximum atomic E-state index is 5.87. The van der Waals surface area contributed by atoms with Crippen molar-refractivity contribution < 1.29 is 9.47 Å². The average molecular weight is 279 g/mol. The van der Waals surface area contributed by atoms with Crippen molar-refractivity contribution in [1.82, 2.24) is 5.32 Å². The summed E-state index contributed by atoms with van der Waals surface area (Å²) in [7, 11) is 0. The van der Waals surface area contributed by atoms with Gasteiger partial charge in [-0.05, 0) is 58.4 Å². The fourth-order valence-corrected chi connectivity index (χ4v) is 1.91. The van der Waals surface area contributed by atoms with Gasteiger partial charge in [-0.15, -0.1) is 0 Å². The van der Waals surface area contributed by atoms with Gasteiger partial charge in [-0.3, -0.25) is 0 Å². The Morgan fingerprint density at radius 1 is 0.900 bits per heavy atom. The van der Waals surface area contributed by atoms with E-state index in [0.717, 1.165) is 24.5 Å². The van der Waals surface area contributed by atoms with E-state index in [2.05, 4.69) is 31.3 Å². The molecule has 0 aromatic heterocycles. The molecule has 3 heteroatoms. The van der Waals surface area contributed by atoms with Crippen LogP contribution in [0, 0.1) is 0 Å². The first-order valence-corrected chi connectivity index (χ1v) is 7.58. The molecular formula is C17H29NO2. The zero-order valence-electron chi connectivity index (χ0n) is 13.7. The third kappa shape index (κ3) is 6.29. The highest BCUT2D eigenvalue weighted by Gasteiger charge is 2.10. The molecule has 0 aliphatic carbocycles. The van der Waals surface area contributed by atoms with Crippen LogP contribution in [0.3, 0.4) is 0 Å². The summed E-state index contributed by atoms with van der Waals surface area (Å²) in [5, 5.41) is 3.43. The molecule has 1 N–H and O–H groups in total. The second-order valence-electron chi connectivity index (χ2n) is 5.97. The highest BCUT2D eigenvalue weighted by molar-refractivity contribution is 5.43. The van der Waals surface area contributed by atoms with Crippen LogP contribution in [0.2, 0.25) is 0 Å². The Bertz CT molecular complexity index is 400. The summed E-state index contributed by atoms with van der Waals surface area (Å²) in [6.45, 7) is 13.4. The third-order valence-corrected chi connectivity index (χ3v) is 2.70. The third-order valence-electron chi connectivity index (χ3n) is 2.70. The van der Waals surface area contributed by atoms with E-state index in [1.807, 2.05) is 33.8 Å². The van der Waals surface area contributed by atoms with Crippen molar-refractivity contribution in [2.75, 3.05) is 6.54 Å². The highest BCUT2D eigenvalue weighted by atomic mass is 16.5. The summed E-state index contributed by atoms with van der Waals surface area (Å²) < 4.78 is 11.7. The average Bonchev–Trinajstić information content (AvgIpc) is 2.30. The molecule has 0 aliphatic rings. The summed E-state index contributed by atoms with van der Waals surface area (Å²) >= 11 is 0. The van der Waals surface area contributed by atoms with Gasteiger partial charge in [0.2, 0.25) is 0 Å². The van der Waals surface area contributed by atoms with Gasteiger partial charge >= 0.3 is 0 Å². The van der Waals surface area contributed by atoms with Crippen molar-refractivity contribution in [1.29, 1.82) is 0 Å². The molecule has 0 fully saturated rings. The van der Waals surface area contributed by atoms with E-state index in [-0.39, 0.29) is 12.2 Å². The molecule has 0 atom stereocenters. The molecule has 0 spiro atoms. The summed E-state index contributed by atoms with van der Waals surface area (Å²) in [6, 6.07) is 6.75. The predicted molar refractivity (Wildman–Crippen MR) is 84.8 cm³/mol. The van der Waals surface area contributed by atoms with Crippen molar-refractivity contribution in [3.05, 3.63) is 23.8 Å². The van der Waals surface area contributed by atoms with Crippen LogP contribution in [0.25, 0.3) is 0 Å². The molecule has 0 heterocycles. The lowest BCUT2D eigenvalue weighted by atomic mass is 10.1. The second-order valence-corrected chi connectivity index (χ2v) is 5.97. The fourth-order valence-electron chi connectivity index (χ4n) is 1.91. The van der Waals surface area contributed by atoms with Crippen molar-refractivity contribution in [2.24, 2.45) is 0 Å². The summed E-state index contributed by atoms with van der Waals surface area (Å²) in [5.74, 6) is 1.67. The number of ether oxygens (including phenoxy) is 2. The topological polar surface area (TPSA) is 30.5 Å². The van der Waals surface area contributed by atoms with E-state index in [1.54, 1.807) is 0 Å². The minimum Gasteiger partial charge on any atom is -0.487 e. The number of nitrogens with one attached hydrogen (secondary N) is 1. The predicted octanol–water partition coefficient (Wildman–Crippen LogP) is 3.80. The van der Waals surface area contributed by atoms with E-state index in [1.165, 1.54) is 5.56 Å². The number of benzene rings is 1. The first kappa shape index (κ1) is 16.8. The molecule has 20 heavy (non-hydrogen) atoms. The standard InChI is InChI=1S/C17H29NO2/c1-12(2)18-10-9-15-7-8-16(19-13(3)4)17(11-15)20-14(5)6/h7-8,11-14,18H,9-10H2,1-6H3. The van der Waals surface area contributed by atoms with Gasteiger partial charge in [0.25, 0.3) is 0 Å². The monoisotopic (exact) mass is 279 g/mol. The van der Waals surface area contributed by atoms with Crippen LogP contribution in [0.4, 0.5) is 0 Å². The van der Waals surface area contributed by atoms with Crippen LogP contribution in [0.5, 0.6) is 11.5 Å². The maximum Gasteiger partial charge on any atom is 0.161 e. The Balaban J connectivity index is 2.78. The Morgan fingerprint density at radius 3 is 2.05 bits per heavy atom. The normalized spacial score (nSPS) is 11.4. The number of hydrogen-bond donors (Lipinski definition) is 1. The molecule has 0 radical (unpaired) electrons. The van der Waals surface area contributed by atoms with E-state index >= 15 is 0 Å². The van der Waals surface area contributed by atoms with E-state index in [4.69, 9.17) is 9.47 Å². The van der Waals surface area contributed by atoms with Crippen LogP contribution in [-0.4, -0.2) is 24.8 Å². The quantitative estimate of drug-likeness (QED) is 0.785. The molecule has 0 bridgehead atoms. The minimum atomic E-state index is 0.147. The Hall–Kier alpha value is -1.22. The summed E-state index contributed by atoms with van der Waals surface area (Å²) in [4.78, 5) is 0. The molecule has 1 aromatic carbocycles. The molecule has 0 amide bonds. The fraction of sp³-hybridized carbons (Fsp3) is 0.647. The molecule has 0 saturated carbocycles. The molecule has 3 nitrogen and oxygen atoms in total. The largest absolute Gasteiger partial charge is 0.487 e. The molecular weight excluding hydrogens is 250 g/mol. The highest BCUT2D eigenvalue weighted by Crippen LogP contribution is 2.30. The van der Waals surface area contributed by atoms with Gasteiger partial charge in [0.15, 0.2) is 11.5 Å². The molecule has 0 aliphatic heterocycles. The van der Waals surface area contributed by atoms with Crippen LogP contribution < -0.4 is 14.8 Å². The van der Waals surface area contributed by atoms with Crippen LogP contribution in [0.1, 0.15) is 47.1 Å². The molecule has 1 rings (SSSR count). The first-order chi connectivity index (χ1) is 9.38. The first-order valence-electron chi connectivity index (χ1n) is 7.58. The zero-order chi connectivity index (χ0) is 15.1. The van der Waals surface area contributed by atoms with E-state index in [0.29, 0.717) is 6.04 Å².